The average Bonchev–Trinajstić information content (AvgIpc) is 2.82. The van der Waals surface area contributed by atoms with Gasteiger partial charge in [-0.2, -0.15) is 0 Å². The van der Waals surface area contributed by atoms with Crippen LogP contribution in [0.2, 0.25) is 0 Å². The fourth-order valence-corrected chi connectivity index (χ4v) is 1.35. The second-order valence-corrected chi connectivity index (χ2v) is 3.36. The van der Waals surface area contributed by atoms with E-state index >= 15 is 0 Å². The van der Waals surface area contributed by atoms with Gasteiger partial charge >= 0.3 is 0 Å². The molecule has 5 heteroatoms. The van der Waals surface area contributed by atoms with Crippen LogP contribution in [-0.2, 0) is 6.54 Å². The van der Waals surface area contributed by atoms with Crippen molar-refractivity contribution in [2.24, 2.45) is 0 Å². The lowest BCUT2D eigenvalue weighted by Crippen LogP contribution is -2.23. The minimum atomic E-state index is -1.15. The lowest BCUT2D eigenvalue weighted by atomic mass is 10.2. The molecular weight excluding hydrogens is 228 g/mol. The van der Waals surface area contributed by atoms with Gasteiger partial charge in [0.25, 0.3) is 5.91 Å². The summed E-state index contributed by atoms with van der Waals surface area (Å²) in [5.41, 5.74) is -0.323. The maximum absolute atomic E-state index is 13.3. The molecule has 0 atom stereocenters. The van der Waals surface area contributed by atoms with E-state index in [0.717, 1.165) is 6.07 Å². The smallest absolute Gasteiger partial charge is 0.254 e. The zero-order chi connectivity index (χ0) is 12.3. The number of benzene rings is 1. The second-order valence-electron chi connectivity index (χ2n) is 3.36. The second kappa shape index (κ2) is 4.78. The quantitative estimate of drug-likeness (QED) is 0.891. The molecule has 17 heavy (non-hydrogen) atoms. The predicted octanol–water partition coefficient (Wildman–Crippen LogP) is 2.49. The van der Waals surface area contributed by atoms with Crippen molar-refractivity contribution >= 4 is 5.91 Å². The Bertz CT molecular complexity index is 523. The Morgan fingerprint density at radius 1 is 1.24 bits per heavy atom. The standard InChI is InChI=1S/C12H9F2NO2/c13-10-5-1-4-9(11(10)14)12(16)15-7-8-3-2-6-17-8/h1-6H,7H2,(H,15,16). The van der Waals surface area contributed by atoms with Gasteiger partial charge in [0.1, 0.15) is 5.76 Å². The molecule has 88 valence electrons. The molecule has 0 aliphatic carbocycles. The van der Waals surface area contributed by atoms with Crippen molar-refractivity contribution in [3.8, 4) is 0 Å². The van der Waals surface area contributed by atoms with E-state index in [4.69, 9.17) is 4.42 Å². The third-order valence-corrected chi connectivity index (χ3v) is 2.20. The number of furan rings is 1. The van der Waals surface area contributed by atoms with Crippen LogP contribution in [0, 0.1) is 11.6 Å². The van der Waals surface area contributed by atoms with E-state index in [1.54, 1.807) is 12.1 Å². The minimum Gasteiger partial charge on any atom is -0.467 e. The molecule has 2 rings (SSSR count). The maximum atomic E-state index is 13.3. The number of carbonyl (C=O) groups is 1. The van der Waals surface area contributed by atoms with E-state index in [1.165, 1.54) is 18.4 Å². The Morgan fingerprint density at radius 3 is 2.76 bits per heavy atom. The van der Waals surface area contributed by atoms with Crippen LogP contribution in [0.3, 0.4) is 0 Å². The van der Waals surface area contributed by atoms with Gasteiger partial charge in [-0.25, -0.2) is 8.78 Å². The first-order valence-corrected chi connectivity index (χ1v) is 4.93. The van der Waals surface area contributed by atoms with Gasteiger partial charge in [-0.05, 0) is 24.3 Å². The predicted molar refractivity (Wildman–Crippen MR) is 56.2 cm³/mol. The lowest BCUT2D eigenvalue weighted by molar-refractivity contribution is 0.0943. The van der Waals surface area contributed by atoms with Crippen LogP contribution in [0.25, 0.3) is 0 Å². The Hall–Kier alpha value is -2.17. The zero-order valence-electron chi connectivity index (χ0n) is 8.74. The van der Waals surface area contributed by atoms with E-state index < -0.39 is 17.5 Å². The highest BCUT2D eigenvalue weighted by Gasteiger charge is 2.14. The van der Waals surface area contributed by atoms with Crippen LogP contribution in [0.15, 0.2) is 41.0 Å². The summed E-state index contributed by atoms with van der Waals surface area (Å²) in [6, 6.07) is 6.79. The van der Waals surface area contributed by atoms with Gasteiger partial charge in [-0.15, -0.1) is 0 Å². The Kier molecular flexibility index (Phi) is 3.18. The fraction of sp³-hybridized carbons (Fsp3) is 0.0833. The molecule has 0 spiro atoms. The summed E-state index contributed by atoms with van der Waals surface area (Å²) in [6.07, 6.45) is 1.46. The first-order chi connectivity index (χ1) is 8.18. The van der Waals surface area contributed by atoms with Gasteiger partial charge in [0, 0.05) is 0 Å². The summed E-state index contributed by atoms with van der Waals surface area (Å²) in [4.78, 5) is 11.6. The van der Waals surface area contributed by atoms with Gasteiger partial charge in [0.05, 0.1) is 18.4 Å². The molecule has 0 aliphatic heterocycles. The van der Waals surface area contributed by atoms with Crippen molar-refractivity contribution < 1.29 is 18.0 Å². The molecule has 3 nitrogen and oxygen atoms in total. The molecule has 0 fully saturated rings. The molecule has 1 N–H and O–H groups in total. The van der Waals surface area contributed by atoms with E-state index in [-0.39, 0.29) is 12.1 Å². The monoisotopic (exact) mass is 237 g/mol. The molecule has 1 heterocycles. The number of amides is 1. The first-order valence-electron chi connectivity index (χ1n) is 4.93. The van der Waals surface area contributed by atoms with Gasteiger partial charge in [0.2, 0.25) is 0 Å². The molecule has 0 saturated heterocycles. The lowest BCUT2D eigenvalue weighted by Gasteiger charge is -2.04. The number of rotatable bonds is 3. The number of halogens is 2. The molecule has 0 aliphatic rings. The summed E-state index contributed by atoms with van der Waals surface area (Å²) in [5.74, 6) is -2.34. The van der Waals surface area contributed by atoms with Crippen molar-refractivity contribution in [3.05, 3.63) is 59.6 Å². The van der Waals surface area contributed by atoms with E-state index in [0.29, 0.717) is 5.76 Å². The topological polar surface area (TPSA) is 42.2 Å². The van der Waals surface area contributed by atoms with E-state index in [2.05, 4.69) is 5.32 Å². The number of nitrogens with one attached hydrogen (secondary N) is 1. The highest BCUT2D eigenvalue weighted by Crippen LogP contribution is 2.11. The summed E-state index contributed by atoms with van der Waals surface area (Å²) in [5, 5.41) is 2.43. The van der Waals surface area contributed by atoms with Crippen LogP contribution >= 0.6 is 0 Å². The molecule has 0 radical (unpaired) electrons. The van der Waals surface area contributed by atoms with Crippen molar-refractivity contribution in [1.29, 1.82) is 0 Å². The highest BCUT2D eigenvalue weighted by atomic mass is 19.2. The molecule has 1 aromatic carbocycles. The van der Waals surface area contributed by atoms with E-state index in [9.17, 15) is 13.6 Å². The molecular formula is C12H9F2NO2. The van der Waals surface area contributed by atoms with Crippen LogP contribution in [-0.4, -0.2) is 5.91 Å². The molecule has 0 saturated carbocycles. The van der Waals surface area contributed by atoms with Crippen LogP contribution < -0.4 is 5.32 Å². The first kappa shape index (κ1) is 11.3. The largest absolute Gasteiger partial charge is 0.467 e. The third-order valence-electron chi connectivity index (χ3n) is 2.20. The van der Waals surface area contributed by atoms with Gasteiger partial charge in [-0.1, -0.05) is 6.07 Å². The van der Waals surface area contributed by atoms with Crippen molar-refractivity contribution in [1.82, 2.24) is 5.32 Å². The fourth-order valence-electron chi connectivity index (χ4n) is 1.35. The summed E-state index contributed by atoms with van der Waals surface area (Å²) < 4.78 is 31.1. The normalized spacial score (nSPS) is 10.2. The number of hydrogen-bond donors (Lipinski definition) is 1. The Morgan fingerprint density at radius 2 is 2.06 bits per heavy atom. The number of carbonyl (C=O) groups excluding carboxylic acids is 1. The Labute approximate surface area is 96.1 Å². The van der Waals surface area contributed by atoms with Crippen molar-refractivity contribution in [2.45, 2.75) is 6.54 Å². The maximum Gasteiger partial charge on any atom is 0.254 e. The SMILES string of the molecule is O=C(NCc1ccco1)c1cccc(F)c1F. The summed E-state index contributed by atoms with van der Waals surface area (Å²) >= 11 is 0. The summed E-state index contributed by atoms with van der Waals surface area (Å²) in [7, 11) is 0. The molecule has 0 unspecified atom stereocenters. The van der Waals surface area contributed by atoms with Gasteiger partial charge < -0.3 is 9.73 Å². The van der Waals surface area contributed by atoms with Crippen LogP contribution in [0.1, 0.15) is 16.1 Å². The molecule has 1 aromatic heterocycles. The summed E-state index contributed by atoms with van der Waals surface area (Å²) in [6.45, 7) is 0.127. The molecule has 1 amide bonds. The third kappa shape index (κ3) is 2.50. The van der Waals surface area contributed by atoms with Gasteiger partial charge in [0.15, 0.2) is 11.6 Å². The zero-order valence-corrected chi connectivity index (χ0v) is 8.74. The minimum absolute atomic E-state index is 0.127. The molecule has 2 aromatic rings. The van der Waals surface area contributed by atoms with Crippen LogP contribution in [0.5, 0.6) is 0 Å². The number of hydrogen-bond acceptors (Lipinski definition) is 2. The Balaban J connectivity index is 2.07. The van der Waals surface area contributed by atoms with Gasteiger partial charge in [-0.3, -0.25) is 4.79 Å². The van der Waals surface area contributed by atoms with E-state index in [1.807, 2.05) is 0 Å². The molecule has 0 bridgehead atoms. The van der Waals surface area contributed by atoms with Crippen molar-refractivity contribution in [3.63, 3.8) is 0 Å². The van der Waals surface area contributed by atoms with Crippen LogP contribution in [0.4, 0.5) is 8.78 Å². The van der Waals surface area contributed by atoms with Crippen molar-refractivity contribution in [2.75, 3.05) is 0 Å². The highest BCUT2D eigenvalue weighted by molar-refractivity contribution is 5.94. The average molecular weight is 237 g/mol.